The number of halogens is 1. The minimum atomic E-state index is -4.40. The molecule has 0 aliphatic heterocycles. The molecule has 0 spiro atoms. The zero-order valence-electron chi connectivity index (χ0n) is 6.29. The Labute approximate surface area is 66.4 Å². The molecule has 0 rings (SSSR count). The predicted molar refractivity (Wildman–Crippen MR) is 42.0 cm³/mol. The Balaban J connectivity index is 0. The van der Waals surface area contributed by atoms with Crippen molar-refractivity contribution in [2.75, 3.05) is 6.61 Å². The molecule has 0 saturated heterocycles. The Morgan fingerprint density at radius 3 is 1.91 bits per heavy atom. The van der Waals surface area contributed by atoms with E-state index in [1.807, 2.05) is 6.92 Å². The second-order valence-electron chi connectivity index (χ2n) is 1.26. The fourth-order valence-corrected chi connectivity index (χ4v) is 0.118. The average molecular weight is 182 g/mol. The van der Waals surface area contributed by atoms with Crippen LogP contribution in [0.3, 0.4) is 0 Å². The molecule has 0 aromatic carbocycles. The minimum Gasteiger partial charge on any atom is -0.502 e. The molecule has 0 saturated carbocycles. The van der Waals surface area contributed by atoms with Crippen molar-refractivity contribution in [3.63, 3.8) is 0 Å². The molecule has 0 fully saturated rings. The second-order valence-corrected chi connectivity index (χ2v) is 2.55. The van der Waals surface area contributed by atoms with Crippen LogP contribution in [0.4, 0.5) is 3.89 Å². The van der Waals surface area contributed by atoms with E-state index in [1.54, 1.807) is 0 Å². The van der Waals surface area contributed by atoms with Crippen molar-refractivity contribution in [3.8, 4) is 0 Å². The highest BCUT2D eigenvalue weighted by Crippen LogP contribution is 1.86. The van der Waals surface area contributed by atoms with E-state index in [0.29, 0.717) is 0 Å². The average Bonchev–Trinajstić information content (AvgIpc) is 1.90. The van der Waals surface area contributed by atoms with Crippen LogP contribution in [-0.2, 0) is 15.0 Å². The van der Waals surface area contributed by atoms with Gasteiger partial charge >= 0.3 is 10.2 Å². The Bertz CT molecular complexity index is 184. The molecule has 0 bridgehead atoms. The van der Waals surface area contributed by atoms with E-state index in [1.165, 1.54) is 6.26 Å². The van der Waals surface area contributed by atoms with Gasteiger partial charge in [-0.3, -0.25) is 0 Å². The van der Waals surface area contributed by atoms with Crippen LogP contribution in [0, 0.1) is 0 Å². The lowest BCUT2D eigenvalue weighted by Crippen LogP contribution is -1.76. The number of hydrogen-bond donors (Lipinski definition) is 0. The Hall–Kier alpha value is -0.840. The van der Waals surface area contributed by atoms with E-state index < -0.39 is 10.2 Å². The summed E-state index contributed by atoms with van der Waals surface area (Å²) >= 11 is 0. The SMILES string of the molecule is C=COCC.C=CS(=O)(=O)F. The summed E-state index contributed by atoms with van der Waals surface area (Å²) in [7, 11) is -4.40. The van der Waals surface area contributed by atoms with Crippen LogP contribution in [0.25, 0.3) is 0 Å². The summed E-state index contributed by atoms with van der Waals surface area (Å²) in [5, 5.41) is 0.243. The molecule has 5 heteroatoms. The van der Waals surface area contributed by atoms with Gasteiger partial charge in [0, 0.05) is 0 Å². The zero-order chi connectivity index (χ0) is 9.33. The summed E-state index contributed by atoms with van der Waals surface area (Å²) in [4.78, 5) is 0. The van der Waals surface area contributed by atoms with Gasteiger partial charge in [-0.15, -0.1) is 3.89 Å². The Morgan fingerprint density at radius 2 is 1.91 bits per heavy atom. The zero-order valence-corrected chi connectivity index (χ0v) is 7.10. The molecule has 0 unspecified atom stereocenters. The van der Waals surface area contributed by atoms with Gasteiger partial charge in [0.1, 0.15) is 0 Å². The number of ether oxygens (including phenoxy) is 1. The standard InChI is InChI=1S/C4H8O.C2H3FO2S/c1-3-5-4-2;1-2-6(3,4)5/h3H,1,4H2,2H3;2H,1H2. The van der Waals surface area contributed by atoms with E-state index in [9.17, 15) is 12.3 Å². The van der Waals surface area contributed by atoms with Crippen molar-refractivity contribution in [1.82, 2.24) is 0 Å². The maximum Gasteiger partial charge on any atom is 0.324 e. The molecule has 0 aromatic rings. The largest absolute Gasteiger partial charge is 0.502 e. The molecule has 0 amide bonds. The second kappa shape index (κ2) is 7.27. The van der Waals surface area contributed by atoms with Gasteiger partial charge in [-0.25, -0.2) is 0 Å². The first-order valence-corrected chi connectivity index (χ1v) is 4.22. The topological polar surface area (TPSA) is 43.4 Å². The van der Waals surface area contributed by atoms with E-state index in [-0.39, 0.29) is 5.41 Å². The van der Waals surface area contributed by atoms with Crippen molar-refractivity contribution in [3.05, 3.63) is 24.8 Å². The van der Waals surface area contributed by atoms with E-state index >= 15 is 0 Å². The van der Waals surface area contributed by atoms with Crippen molar-refractivity contribution >= 4 is 10.2 Å². The van der Waals surface area contributed by atoms with Crippen molar-refractivity contribution in [1.29, 1.82) is 0 Å². The van der Waals surface area contributed by atoms with Gasteiger partial charge in [-0.1, -0.05) is 13.2 Å². The van der Waals surface area contributed by atoms with Gasteiger partial charge in [0.25, 0.3) is 0 Å². The lowest BCUT2D eigenvalue weighted by molar-refractivity contribution is 0.270. The third kappa shape index (κ3) is 27.1. The predicted octanol–water partition coefficient (Wildman–Crippen LogP) is 1.60. The maximum absolute atomic E-state index is 11.0. The molecule has 0 radical (unpaired) electrons. The third-order valence-corrected chi connectivity index (χ3v) is 0.882. The first kappa shape index (κ1) is 12.8. The lowest BCUT2D eigenvalue weighted by atomic mass is 10.9. The highest BCUT2D eigenvalue weighted by molar-refractivity contribution is 7.89. The Morgan fingerprint density at radius 1 is 1.55 bits per heavy atom. The quantitative estimate of drug-likeness (QED) is 0.491. The summed E-state index contributed by atoms with van der Waals surface area (Å²) in [5.41, 5.74) is 0. The summed E-state index contributed by atoms with van der Waals surface area (Å²) in [6.45, 7) is 8.64. The van der Waals surface area contributed by atoms with Crippen LogP contribution in [-0.4, -0.2) is 15.0 Å². The Kier molecular flexibility index (Phi) is 8.46. The summed E-state index contributed by atoms with van der Waals surface area (Å²) in [6, 6.07) is 0. The van der Waals surface area contributed by atoms with Crippen LogP contribution in [0.1, 0.15) is 6.92 Å². The smallest absolute Gasteiger partial charge is 0.324 e. The fraction of sp³-hybridized carbons (Fsp3) is 0.333. The molecule has 0 aliphatic carbocycles. The number of hydrogen-bond acceptors (Lipinski definition) is 3. The van der Waals surface area contributed by atoms with Crippen LogP contribution in [0.15, 0.2) is 24.8 Å². The molecule has 0 aromatic heterocycles. The van der Waals surface area contributed by atoms with Crippen molar-refractivity contribution in [2.45, 2.75) is 6.92 Å². The van der Waals surface area contributed by atoms with Gasteiger partial charge in [-0.05, 0) is 6.92 Å². The molecule has 66 valence electrons. The van der Waals surface area contributed by atoms with E-state index in [2.05, 4.69) is 17.9 Å². The first-order chi connectivity index (χ1) is 4.97. The highest BCUT2D eigenvalue weighted by Gasteiger charge is 1.92. The molecular formula is C6H11FO3S. The van der Waals surface area contributed by atoms with Crippen molar-refractivity contribution < 1.29 is 17.0 Å². The molecule has 0 heterocycles. The monoisotopic (exact) mass is 182 g/mol. The molecule has 11 heavy (non-hydrogen) atoms. The summed E-state index contributed by atoms with van der Waals surface area (Å²) in [5.74, 6) is 0. The van der Waals surface area contributed by atoms with Crippen LogP contribution < -0.4 is 0 Å². The number of rotatable bonds is 3. The van der Waals surface area contributed by atoms with Gasteiger partial charge in [0.15, 0.2) is 0 Å². The van der Waals surface area contributed by atoms with Crippen LogP contribution in [0.5, 0.6) is 0 Å². The third-order valence-electron chi connectivity index (χ3n) is 0.484. The molecular weight excluding hydrogens is 171 g/mol. The summed E-state index contributed by atoms with van der Waals surface area (Å²) in [6.07, 6.45) is 1.43. The minimum absolute atomic E-state index is 0.243. The van der Waals surface area contributed by atoms with Gasteiger partial charge in [0.2, 0.25) is 0 Å². The van der Waals surface area contributed by atoms with Crippen molar-refractivity contribution in [2.24, 2.45) is 0 Å². The molecule has 0 atom stereocenters. The molecule has 0 N–H and O–H groups in total. The highest BCUT2D eigenvalue weighted by atomic mass is 32.3. The normalized spacial score (nSPS) is 8.91. The van der Waals surface area contributed by atoms with Gasteiger partial charge in [0.05, 0.1) is 18.3 Å². The summed E-state index contributed by atoms with van der Waals surface area (Å²) < 4.78 is 34.0. The maximum atomic E-state index is 11.0. The fourth-order valence-electron chi connectivity index (χ4n) is 0.118. The van der Waals surface area contributed by atoms with Crippen LogP contribution in [0.2, 0.25) is 0 Å². The lowest BCUT2D eigenvalue weighted by Gasteiger charge is -1.84. The van der Waals surface area contributed by atoms with Crippen LogP contribution >= 0.6 is 0 Å². The van der Waals surface area contributed by atoms with Gasteiger partial charge in [-0.2, -0.15) is 8.42 Å². The first-order valence-electron chi connectivity index (χ1n) is 2.77. The van der Waals surface area contributed by atoms with E-state index in [4.69, 9.17) is 0 Å². The van der Waals surface area contributed by atoms with Gasteiger partial charge < -0.3 is 4.74 Å². The molecule has 0 aliphatic rings. The van der Waals surface area contributed by atoms with E-state index in [0.717, 1.165) is 6.61 Å². The molecule has 3 nitrogen and oxygen atoms in total.